The Morgan fingerprint density at radius 3 is 2.39 bits per heavy atom. The Morgan fingerprint density at radius 2 is 1.73 bits per heavy atom. The first-order valence-corrected chi connectivity index (χ1v) is 25.4. The van der Waals surface area contributed by atoms with Gasteiger partial charge in [-0.2, -0.15) is 8.42 Å². The molecular formula is C47H65FN8O9S2. The number of aliphatic hydroxyl groups excluding tert-OH is 1. The number of nitrogens with zero attached hydrogens (tertiary/aromatic N) is 4. The fourth-order valence-electron chi connectivity index (χ4n) is 9.00. The number of aromatic hydroxyl groups is 1. The maximum Gasteiger partial charge on any atom is 0.326 e. The molecule has 0 aliphatic carbocycles. The van der Waals surface area contributed by atoms with Gasteiger partial charge >= 0.3 is 10.2 Å². The Hall–Kier alpha value is -5.18. The topological polar surface area (TPSA) is 231 Å². The molecule has 4 heterocycles. The van der Waals surface area contributed by atoms with Gasteiger partial charge in [0.1, 0.15) is 30.1 Å². The lowest BCUT2D eigenvalue weighted by molar-refractivity contribution is -0.144. The third-order valence-corrected chi connectivity index (χ3v) is 15.1. The average Bonchev–Trinajstić information content (AvgIpc) is 4.05. The monoisotopic (exact) mass is 968 g/mol. The first kappa shape index (κ1) is 51.2. The van der Waals surface area contributed by atoms with Crippen LogP contribution < -0.4 is 25.0 Å². The second-order valence-electron chi connectivity index (χ2n) is 19.1. The van der Waals surface area contributed by atoms with E-state index in [9.17, 15) is 47.0 Å². The third kappa shape index (κ3) is 13.5. The Bertz CT molecular complexity index is 2350. The second-order valence-corrected chi connectivity index (χ2v) is 21.6. The number of phenols is 1. The summed E-state index contributed by atoms with van der Waals surface area (Å²) in [7, 11) is -4.27. The van der Waals surface area contributed by atoms with E-state index >= 15 is 0 Å². The molecule has 3 fully saturated rings. The van der Waals surface area contributed by atoms with Gasteiger partial charge in [-0.1, -0.05) is 64.3 Å². The number of aromatic nitrogens is 1. The zero-order chi connectivity index (χ0) is 48.6. The molecule has 5 atom stereocenters. The molecular weight excluding hydrogens is 904 g/mol. The maximum absolute atomic E-state index is 14.9. The summed E-state index contributed by atoms with van der Waals surface area (Å²) < 4.78 is 41.5. The van der Waals surface area contributed by atoms with E-state index in [0.29, 0.717) is 48.8 Å². The van der Waals surface area contributed by atoms with Gasteiger partial charge in [-0.25, -0.2) is 18.4 Å². The number of hydrogen-bond donors (Lipinski definition) is 6. The molecule has 5 amide bonds. The van der Waals surface area contributed by atoms with Crippen LogP contribution in [0.1, 0.15) is 108 Å². The van der Waals surface area contributed by atoms with Crippen molar-refractivity contribution in [3.05, 3.63) is 64.5 Å². The SMILES string of the molecule is Cc1ncsc1-c1ccc([C@H](C)NC(=O)[C@@H]2C[C@@H](O)CN2C(=O)[C@@H](NC(=O)CCCCCCCNC(=O)C[C@@H]2CCN(CCc3cc(O)c(N4CC(=O)NS4(=O)=O)c(F)c3)C2)C(C)(C)C)cc1. The maximum atomic E-state index is 14.9. The number of anilines is 1. The Morgan fingerprint density at radius 1 is 1.01 bits per heavy atom. The van der Waals surface area contributed by atoms with Crippen LogP contribution in [0.4, 0.5) is 10.1 Å². The van der Waals surface area contributed by atoms with Crippen LogP contribution in [0.15, 0.2) is 41.9 Å². The highest BCUT2D eigenvalue weighted by Gasteiger charge is 2.45. The molecule has 0 saturated carbocycles. The molecule has 67 heavy (non-hydrogen) atoms. The van der Waals surface area contributed by atoms with Gasteiger partial charge in [-0.05, 0) is 86.2 Å². The van der Waals surface area contributed by atoms with E-state index in [1.165, 1.54) is 11.0 Å². The lowest BCUT2D eigenvalue weighted by atomic mass is 9.85. The first-order chi connectivity index (χ1) is 31.7. The largest absolute Gasteiger partial charge is 0.506 e. The van der Waals surface area contributed by atoms with E-state index < -0.39 is 69.4 Å². The minimum atomic E-state index is -4.27. The summed E-state index contributed by atoms with van der Waals surface area (Å²) in [6.07, 6.45) is 5.06. The zero-order valence-corrected chi connectivity index (χ0v) is 40.6. The van der Waals surface area contributed by atoms with Gasteiger partial charge in [0.15, 0.2) is 5.82 Å². The molecule has 366 valence electrons. The van der Waals surface area contributed by atoms with Crippen molar-refractivity contribution in [2.24, 2.45) is 11.3 Å². The molecule has 2 aromatic carbocycles. The van der Waals surface area contributed by atoms with E-state index in [4.69, 9.17) is 0 Å². The normalized spacial score (nSPS) is 20.4. The zero-order valence-electron chi connectivity index (χ0n) is 39.0. The standard InChI is InChI=1S/C47H65FN8O9S2/c1-29(33-12-14-34(15-13-33)43-30(2)50-28-66-43)51-45(62)37-24-35(57)26-55(37)46(63)44(47(3,4)5)52-39(59)11-9-7-6-8-10-18-49-40(60)23-32-17-20-54(25-32)19-16-31-21-36(48)42(38(58)22-31)56-27-41(61)53-67(56,64)65/h12-15,21-22,28-29,32,35,37,44,57-58H,6-11,16-20,23-27H2,1-5H3,(H,49,60)(H,51,62)(H,52,59)(H,53,61)/t29-,32-,35+,37-,44+/m0/s1. The van der Waals surface area contributed by atoms with Crippen LogP contribution in [-0.2, 0) is 40.6 Å². The van der Waals surface area contributed by atoms with E-state index in [-0.39, 0.29) is 49.1 Å². The number of unbranched alkanes of at least 4 members (excludes halogenated alkanes) is 4. The first-order valence-electron chi connectivity index (χ1n) is 23.1. The molecule has 1 aromatic heterocycles. The van der Waals surface area contributed by atoms with Crippen molar-refractivity contribution < 1.29 is 47.0 Å². The highest BCUT2D eigenvalue weighted by atomic mass is 32.2. The summed E-state index contributed by atoms with van der Waals surface area (Å²) in [6, 6.07) is 8.25. The Balaban J connectivity index is 0.850. The van der Waals surface area contributed by atoms with Crippen LogP contribution in [0.25, 0.3) is 10.4 Å². The van der Waals surface area contributed by atoms with Crippen molar-refractivity contribution in [1.29, 1.82) is 0 Å². The number of carbonyl (C=O) groups excluding carboxylic acids is 5. The summed E-state index contributed by atoms with van der Waals surface area (Å²) in [5.41, 5.74) is 3.96. The van der Waals surface area contributed by atoms with Gasteiger partial charge in [0, 0.05) is 45.4 Å². The number of aliphatic hydroxyl groups is 1. The number of β-amino-alcohol motifs (C(OH)–C–C–N with tert-alkyl or cyclic N) is 1. The van der Waals surface area contributed by atoms with Crippen LogP contribution in [0.3, 0.4) is 0 Å². The predicted octanol–water partition coefficient (Wildman–Crippen LogP) is 4.23. The van der Waals surface area contributed by atoms with Gasteiger partial charge < -0.3 is 36.0 Å². The molecule has 3 aliphatic rings. The number of hydrogen-bond acceptors (Lipinski definition) is 12. The second kappa shape index (κ2) is 22.3. The van der Waals surface area contributed by atoms with E-state index in [1.807, 2.05) is 64.4 Å². The number of aryl methyl sites for hydroxylation is 1. The van der Waals surface area contributed by atoms with E-state index in [1.54, 1.807) is 16.1 Å². The van der Waals surface area contributed by atoms with Crippen LogP contribution >= 0.6 is 11.3 Å². The molecule has 20 heteroatoms. The molecule has 3 aliphatic heterocycles. The van der Waals surface area contributed by atoms with Crippen molar-refractivity contribution in [2.45, 2.75) is 123 Å². The quantitative estimate of drug-likeness (QED) is 0.0879. The van der Waals surface area contributed by atoms with Crippen molar-refractivity contribution in [1.82, 2.24) is 35.5 Å². The van der Waals surface area contributed by atoms with Crippen LogP contribution in [0.5, 0.6) is 5.75 Å². The molecule has 0 spiro atoms. The van der Waals surface area contributed by atoms with Crippen molar-refractivity contribution >= 4 is 56.8 Å². The fraction of sp³-hybridized carbons (Fsp3) is 0.574. The lowest BCUT2D eigenvalue weighted by Gasteiger charge is -2.35. The van der Waals surface area contributed by atoms with Crippen LogP contribution in [-0.4, -0.2) is 120 Å². The fourth-order valence-corrected chi connectivity index (χ4v) is 11.0. The number of amides is 5. The third-order valence-electron chi connectivity index (χ3n) is 12.7. The smallest absolute Gasteiger partial charge is 0.326 e. The average molecular weight is 969 g/mol. The summed E-state index contributed by atoms with van der Waals surface area (Å²) >= 11 is 1.57. The van der Waals surface area contributed by atoms with Crippen molar-refractivity contribution in [2.75, 3.05) is 43.6 Å². The number of halogens is 1. The minimum absolute atomic E-state index is 0.00469. The number of benzene rings is 2. The summed E-state index contributed by atoms with van der Waals surface area (Å²) in [6.45, 7) is 11.4. The minimum Gasteiger partial charge on any atom is -0.506 e. The molecule has 6 N–H and O–H groups in total. The predicted molar refractivity (Wildman–Crippen MR) is 252 cm³/mol. The number of thiazole rings is 1. The molecule has 17 nitrogen and oxygen atoms in total. The van der Waals surface area contributed by atoms with Gasteiger partial charge in [0.25, 0.3) is 5.91 Å². The number of rotatable bonds is 20. The lowest BCUT2D eigenvalue weighted by Crippen LogP contribution is -2.57. The molecule has 6 rings (SSSR count). The van der Waals surface area contributed by atoms with Crippen molar-refractivity contribution in [3.63, 3.8) is 0 Å². The number of nitrogens with one attached hydrogen (secondary N) is 4. The summed E-state index contributed by atoms with van der Waals surface area (Å²) in [4.78, 5) is 74.1. The summed E-state index contributed by atoms with van der Waals surface area (Å²) in [5.74, 6) is -3.20. The molecule has 3 aromatic rings. The Labute approximate surface area is 396 Å². The molecule has 3 saturated heterocycles. The van der Waals surface area contributed by atoms with Gasteiger partial charge in [-0.3, -0.25) is 24.0 Å². The molecule has 0 bridgehead atoms. The Kier molecular flexibility index (Phi) is 17.0. The van der Waals surface area contributed by atoms with Crippen LogP contribution in [0, 0.1) is 24.1 Å². The number of phenolic OH excluding ortho intramolecular Hbond substituents is 1. The van der Waals surface area contributed by atoms with Crippen LogP contribution in [0.2, 0.25) is 0 Å². The molecule has 0 radical (unpaired) electrons. The number of likely N-dealkylation sites (tertiary alicyclic amines) is 2. The number of carbonyl (C=O) groups is 5. The highest BCUT2D eigenvalue weighted by Crippen LogP contribution is 2.35. The van der Waals surface area contributed by atoms with Gasteiger partial charge in [0.2, 0.25) is 23.6 Å². The van der Waals surface area contributed by atoms with E-state index in [2.05, 4.69) is 25.8 Å². The van der Waals surface area contributed by atoms with Crippen molar-refractivity contribution in [3.8, 4) is 16.2 Å². The summed E-state index contributed by atoms with van der Waals surface area (Å²) in [5, 5.41) is 30.0. The van der Waals surface area contributed by atoms with Gasteiger partial charge in [-0.15, -0.1) is 11.3 Å². The van der Waals surface area contributed by atoms with Gasteiger partial charge in [0.05, 0.1) is 28.2 Å². The molecule has 0 unspecified atom stereocenters. The van der Waals surface area contributed by atoms with E-state index in [0.717, 1.165) is 66.4 Å². The highest BCUT2D eigenvalue weighted by molar-refractivity contribution is 7.92.